The number of thiazole rings is 1. The number of carbonyl (C=O) groups is 2. The fourth-order valence-electron chi connectivity index (χ4n) is 3.85. The van der Waals surface area contributed by atoms with Gasteiger partial charge in [-0.15, -0.1) is 23.1 Å². The van der Waals surface area contributed by atoms with Crippen LogP contribution in [0.2, 0.25) is 0 Å². The monoisotopic (exact) mass is 547 g/mol. The highest BCUT2D eigenvalue weighted by Gasteiger charge is 2.23. The Morgan fingerprint density at radius 2 is 1.49 bits per heavy atom. The molecule has 192 valence electrons. The topological polar surface area (TPSA) is 71.1 Å². The van der Waals surface area contributed by atoms with Gasteiger partial charge in [0.2, 0.25) is 11.8 Å². The molecule has 0 aliphatic rings. The Bertz CT molecular complexity index is 1570. The first-order chi connectivity index (χ1) is 19.1. The van der Waals surface area contributed by atoms with Crippen LogP contribution in [0.1, 0.15) is 16.4 Å². The maximum Gasteiger partial charge on any atom is 0.248 e. The van der Waals surface area contributed by atoms with Gasteiger partial charge < -0.3 is 10.6 Å². The summed E-state index contributed by atoms with van der Waals surface area (Å²) in [4.78, 5) is 31.5. The summed E-state index contributed by atoms with van der Waals surface area (Å²) in [5, 5.41) is 7.88. The van der Waals surface area contributed by atoms with E-state index in [1.807, 2.05) is 121 Å². The molecule has 0 saturated heterocycles. The number of aromatic nitrogens is 1. The summed E-state index contributed by atoms with van der Waals surface area (Å²) in [7, 11) is 0. The van der Waals surface area contributed by atoms with Gasteiger partial charge in [-0.25, -0.2) is 4.98 Å². The summed E-state index contributed by atoms with van der Waals surface area (Å²) in [6.45, 7) is 0. The third kappa shape index (κ3) is 7.31. The van der Waals surface area contributed by atoms with E-state index in [0.717, 1.165) is 27.3 Å². The van der Waals surface area contributed by atoms with Crippen LogP contribution < -0.4 is 10.6 Å². The quantitative estimate of drug-likeness (QED) is 0.145. The molecule has 5 rings (SSSR count). The lowest BCUT2D eigenvalue weighted by molar-refractivity contribution is -0.116. The van der Waals surface area contributed by atoms with Gasteiger partial charge in [-0.1, -0.05) is 97.1 Å². The summed E-state index contributed by atoms with van der Waals surface area (Å²) >= 11 is 2.82. The second-order valence-electron chi connectivity index (χ2n) is 8.56. The largest absolute Gasteiger partial charge is 0.322 e. The van der Waals surface area contributed by atoms with E-state index in [9.17, 15) is 9.59 Å². The minimum Gasteiger partial charge on any atom is -0.322 e. The third-order valence-electron chi connectivity index (χ3n) is 5.73. The van der Waals surface area contributed by atoms with E-state index in [0.29, 0.717) is 10.8 Å². The zero-order valence-electron chi connectivity index (χ0n) is 20.9. The zero-order valence-corrected chi connectivity index (χ0v) is 22.5. The van der Waals surface area contributed by atoms with E-state index in [1.54, 1.807) is 6.08 Å². The summed E-state index contributed by atoms with van der Waals surface area (Å²) in [5.74, 6) is -0.392. The Morgan fingerprint density at radius 1 is 0.795 bits per heavy atom. The normalized spacial score (nSPS) is 11.7. The third-order valence-corrected chi connectivity index (χ3v) is 7.73. The first-order valence-corrected chi connectivity index (χ1v) is 14.1. The minimum absolute atomic E-state index is 0.166. The number of benzene rings is 4. The lowest BCUT2D eigenvalue weighted by Crippen LogP contribution is -2.19. The highest BCUT2D eigenvalue weighted by Crippen LogP contribution is 2.37. The molecule has 0 fully saturated rings. The van der Waals surface area contributed by atoms with Crippen LogP contribution in [0.15, 0.2) is 132 Å². The van der Waals surface area contributed by atoms with Crippen LogP contribution in [0, 0.1) is 0 Å². The average molecular weight is 548 g/mol. The van der Waals surface area contributed by atoms with Crippen molar-refractivity contribution in [3.63, 3.8) is 0 Å². The second-order valence-corrected chi connectivity index (χ2v) is 10.6. The maximum atomic E-state index is 13.5. The Labute approximate surface area is 235 Å². The van der Waals surface area contributed by atoms with Crippen LogP contribution in [0.5, 0.6) is 0 Å². The predicted octanol–water partition coefficient (Wildman–Crippen LogP) is 7.93. The zero-order chi connectivity index (χ0) is 26.9. The number of hydrogen-bond donors (Lipinski definition) is 2. The first kappa shape index (κ1) is 26.2. The Kier molecular flexibility index (Phi) is 8.63. The van der Waals surface area contributed by atoms with Gasteiger partial charge in [0.25, 0.3) is 0 Å². The molecule has 1 heterocycles. The van der Waals surface area contributed by atoms with Gasteiger partial charge in [0.15, 0.2) is 5.13 Å². The molecule has 1 unspecified atom stereocenters. The van der Waals surface area contributed by atoms with Gasteiger partial charge in [0, 0.05) is 27.6 Å². The molecule has 0 spiro atoms. The molecule has 39 heavy (non-hydrogen) atoms. The highest BCUT2D eigenvalue weighted by molar-refractivity contribution is 8.00. The van der Waals surface area contributed by atoms with Crippen LogP contribution >= 0.6 is 23.1 Å². The van der Waals surface area contributed by atoms with Crippen LogP contribution in [0.4, 0.5) is 10.8 Å². The lowest BCUT2D eigenvalue weighted by Gasteiger charge is -2.17. The molecular weight excluding hydrogens is 523 g/mol. The van der Waals surface area contributed by atoms with Gasteiger partial charge >= 0.3 is 0 Å². The summed E-state index contributed by atoms with van der Waals surface area (Å²) in [6.07, 6.45) is 3.28. The lowest BCUT2D eigenvalue weighted by atomic mass is 10.1. The van der Waals surface area contributed by atoms with E-state index in [1.165, 1.54) is 29.2 Å². The SMILES string of the molecule is O=C(/C=C/c1ccccc1)Nc1cccc(SC(C(=O)Nc2nc(-c3ccccc3)cs2)c2ccccc2)c1. The number of hydrogen-bond acceptors (Lipinski definition) is 5. The number of anilines is 2. The summed E-state index contributed by atoms with van der Waals surface area (Å²) < 4.78 is 0. The number of nitrogens with one attached hydrogen (secondary N) is 2. The number of amides is 2. The number of thioether (sulfide) groups is 1. The number of nitrogens with zero attached hydrogens (tertiary/aromatic N) is 1. The van der Waals surface area contributed by atoms with Crippen molar-refractivity contribution < 1.29 is 9.59 Å². The van der Waals surface area contributed by atoms with Crippen molar-refractivity contribution >= 4 is 51.8 Å². The fourth-order valence-corrected chi connectivity index (χ4v) is 5.65. The van der Waals surface area contributed by atoms with Gasteiger partial charge in [-0.05, 0) is 35.4 Å². The predicted molar refractivity (Wildman–Crippen MR) is 162 cm³/mol. The minimum atomic E-state index is -0.515. The molecule has 0 bridgehead atoms. The van der Waals surface area contributed by atoms with Crippen molar-refractivity contribution in [1.29, 1.82) is 0 Å². The van der Waals surface area contributed by atoms with Crippen molar-refractivity contribution in [3.8, 4) is 11.3 Å². The molecule has 5 nitrogen and oxygen atoms in total. The van der Waals surface area contributed by atoms with E-state index < -0.39 is 5.25 Å². The molecule has 4 aromatic carbocycles. The molecule has 2 N–H and O–H groups in total. The van der Waals surface area contributed by atoms with E-state index in [-0.39, 0.29) is 11.8 Å². The average Bonchev–Trinajstić information content (AvgIpc) is 3.45. The molecule has 1 aromatic heterocycles. The molecule has 1 atom stereocenters. The summed E-state index contributed by atoms with van der Waals surface area (Å²) in [6, 6.07) is 36.7. The van der Waals surface area contributed by atoms with Crippen molar-refractivity contribution in [3.05, 3.63) is 138 Å². The molecule has 0 saturated carbocycles. The Hall–Kier alpha value is -4.46. The van der Waals surface area contributed by atoms with Crippen molar-refractivity contribution in [1.82, 2.24) is 4.98 Å². The standard InChI is InChI=1S/C32H25N3O2S2/c36-29(20-19-23-11-4-1-5-12-23)33-26-17-10-18-27(21-26)39-30(25-15-8-3-9-16-25)31(37)35-32-34-28(22-38-32)24-13-6-2-7-14-24/h1-22,30H,(H,33,36)(H,34,35,37)/b20-19+. The van der Waals surface area contributed by atoms with E-state index in [4.69, 9.17) is 0 Å². The smallest absolute Gasteiger partial charge is 0.248 e. The Morgan fingerprint density at radius 3 is 2.23 bits per heavy atom. The molecule has 2 amide bonds. The molecule has 0 aliphatic heterocycles. The van der Waals surface area contributed by atoms with Crippen LogP contribution in [0.25, 0.3) is 17.3 Å². The molecular formula is C32H25N3O2S2. The fraction of sp³-hybridized carbons (Fsp3) is 0.0312. The summed E-state index contributed by atoms with van der Waals surface area (Å²) in [5.41, 5.74) is 4.30. The molecule has 5 aromatic rings. The van der Waals surface area contributed by atoms with Gasteiger partial charge in [-0.2, -0.15) is 0 Å². The van der Waals surface area contributed by atoms with Crippen molar-refractivity contribution in [2.75, 3.05) is 10.6 Å². The van der Waals surface area contributed by atoms with E-state index >= 15 is 0 Å². The van der Waals surface area contributed by atoms with Gasteiger partial charge in [0.1, 0.15) is 5.25 Å². The van der Waals surface area contributed by atoms with Crippen LogP contribution in [0.3, 0.4) is 0 Å². The van der Waals surface area contributed by atoms with Crippen LogP contribution in [-0.4, -0.2) is 16.8 Å². The van der Waals surface area contributed by atoms with Crippen molar-refractivity contribution in [2.24, 2.45) is 0 Å². The highest BCUT2D eigenvalue weighted by atomic mass is 32.2. The molecule has 7 heteroatoms. The number of rotatable bonds is 9. The van der Waals surface area contributed by atoms with Gasteiger partial charge in [-0.3, -0.25) is 9.59 Å². The number of carbonyl (C=O) groups excluding carboxylic acids is 2. The Balaban J connectivity index is 1.30. The van der Waals surface area contributed by atoms with E-state index in [2.05, 4.69) is 15.6 Å². The first-order valence-electron chi connectivity index (χ1n) is 12.3. The second kappa shape index (κ2) is 12.9. The maximum absolute atomic E-state index is 13.5. The van der Waals surface area contributed by atoms with Gasteiger partial charge in [0.05, 0.1) is 5.69 Å². The molecule has 0 radical (unpaired) electrons. The van der Waals surface area contributed by atoms with Crippen molar-refractivity contribution in [2.45, 2.75) is 10.1 Å². The van der Waals surface area contributed by atoms with Crippen LogP contribution in [-0.2, 0) is 9.59 Å². The molecule has 0 aliphatic carbocycles.